The highest BCUT2D eigenvalue weighted by Crippen LogP contribution is 2.25. The van der Waals surface area contributed by atoms with Crippen molar-refractivity contribution in [3.63, 3.8) is 0 Å². The van der Waals surface area contributed by atoms with Crippen LogP contribution in [0, 0.1) is 5.92 Å². The van der Waals surface area contributed by atoms with E-state index in [2.05, 4.69) is 18.4 Å². The molecule has 2 aliphatic heterocycles. The molecule has 2 fully saturated rings. The first-order chi connectivity index (χ1) is 11.5. The van der Waals surface area contributed by atoms with Crippen LogP contribution in [0.1, 0.15) is 52.4 Å². The summed E-state index contributed by atoms with van der Waals surface area (Å²) >= 11 is 0. The number of aliphatic hydroxyl groups is 1. The maximum atomic E-state index is 11.6. The van der Waals surface area contributed by atoms with E-state index >= 15 is 0 Å². The lowest BCUT2D eigenvalue weighted by atomic mass is 9.92. The second-order valence-corrected chi connectivity index (χ2v) is 7.31. The minimum atomic E-state index is -0.367. The van der Waals surface area contributed by atoms with Gasteiger partial charge < -0.3 is 14.6 Å². The van der Waals surface area contributed by atoms with Gasteiger partial charge in [0.05, 0.1) is 24.9 Å². The lowest BCUT2D eigenvalue weighted by Gasteiger charge is -2.35. The van der Waals surface area contributed by atoms with E-state index in [9.17, 15) is 9.90 Å². The van der Waals surface area contributed by atoms with Gasteiger partial charge in [-0.25, -0.2) is 0 Å². The Balaban J connectivity index is 1.67. The predicted octanol–water partition coefficient (Wildman–Crippen LogP) is 2.53. The predicted molar refractivity (Wildman–Crippen MR) is 93.7 cm³/mol. The number of aliphatic hydroxyl groups excluding tert-OH is 1. The van der Waals surface area contributed by atoms with Crippen LogP contribution in [0.3, 0.4) is 0 Å². The lowest BCUT2D eigenvalue weighted by Crippen LogP contribution is -2.40. The second kappa shape index (κ2) is 9.54. The van der Waals surface area contributed by atoms with Crippen LogP contribution in [0.4, 0.5) is 0 Å². The van der Waals surface area contributed by atoms with Crippen molar-refractivity contribution >= 4 is 5.97 Å². The number of carbonyl (C=O) groups is 1. The van der Waals surface area contributed by atoms with Crippen molar-refractivity contribution in [2.24, 2.45) is 5.92 Å². The zero-order chi connectivity index (χ0) is 17.5. The number of hydrogen-bond acceptors (Lipinski definition) is 5. The van der Waals surface area contributed by atoms with Gasteiger partial charge in [-0.3, -0.25) is 9.69 Å². The summed E-state index contributed by atoms with van der Waals surface area (Å²) in [4.78, 5) is 14.0. The molecule has 0 aromatic rings. The van der Waals surface area contributed by atoms with Gasteiger partial charge in [-0.2, -0.15) is 0 Å². The van der Waals surface area contributed by atoms with Crippen LogP contribution in [-0.4, -0.2) is 60.5 Å². The molecule has 0 unspecified atom stereocenters. The van der Waals surface area contributed by atoms with Gasteiger partial charge in [0.25, 0.3) is 0 Å². The Kier molecular flexibility index (Phi) is 7.72. The van der Waals surface area contributed by atoms with Gasteiger partial charge in [0, 0.05) is 13.0 Å². The third kappa shape index (κ3) is 6.19. The molecule has 2 rings (SSSR count). The normalized spacial score (nSPS) is 29.4. The first-order valence-electron chi connectivity index (χ1n) is 9.36. The molecule has 24 heavy (non-hydrogen) atoms. The number of carbonyl (C=O) groups excluding carboxylic acids is 1. The summed E-state index contributed by atoms with van der Waals surface area (Å²) in [5.41, 5.74) is 1.12. The van der Waals surface area contributed by atoms with E-state index in [-0.39, 0.29) is 24.3 Å². The topological polar surface area (TPSA) is 59.0 Å². The minimum Gasteiger partial charge on any atom is -0.466 e. The molecule has 2 aliphatic rings. The van der Waals surface area contributed by atoms with Crippen LogP contribution in [0.2, 0.25) is 0 Å². The number of nitrogens with zero attached hydrogens (tertiary/aromatic N) is 1. The van der Waals surface area contributed by atoms with Crippen LogP contribution >= 0.6 is 0 Å². The van der Waals surface area contributed by atoms with Crippen molar-refractivity contribution in [3.05, 3.63) is 12.2 Å². The van der Waals surface area contributed by atoms with E-state index in [1.54, 1.807) is 0 Å². The minimum absolute atomic E-state index is 0.0714. The van der Waals surface area contributed by atoms with Crippen LogP contribution < -0.4 is 0 Å². The third-order valence-electron chi connectivity index (χ3n) is 5.11. The van der Waals surface area contributed by atoms with Gasteiger partial charge in [0.15, 0.2) is 0 Å². The smallest absolute Gasteiger partial charge is 0.306 e. The Labute approximate surface area is 146 Å². The molecule has 0 radical (unpaired) electrons. The van der Waals surface area contributed by atoms with Gasteiger partial charge in [0.1, 0.15) is 0 Å². The highest BCUT2D eigenvalue weighted by Gasteiger charge is 2.29. The van der Waals surface area contributed by atoms with Crippen molar-refractivity contribution < 1.29 is 19.4 Å². The maximum Gasteiger partial charge on any atom is 0.306 e. The molecule has 1 N–H and O–H groups in total. The van der Waals surface area contributed by atoms with Crippen LogP contribution in [0.15, 0.2) is 12.2 Å². The first kappa shape index (κ1) is 19.4. The number of ether oxygens (including phenoxy) is 2. The van der Waals surface area contributed by atoms with Gasteiger partial charge >= 0.3 is 5.97 Å². The number of likely N-dealkylation sites (tertiary alicyclic amines) is 1. The molecule has 0 amide bonds. The van der Waals surface area contributed by atoms with Gasteiger partial charge in [-0.15, -0.1) is 0 Å². The molecule has 0 aromatic heterocycles. The summed E-state index contributed by atoms with van der Waals surface area (Å²) in [7, 11) is 0. The first-order valence-corrected chi connectivity index (χ1v) is 9.36. The number of hydrogen-bond donors (Lipinski definition) is 1. The Morgan fingerprint density at radius 1 is 1.25 bits per heavy atom. The maximum absolute atomic E-state index is 11.6. The average molecular weight is 339 g/mol. The molecule has 0 aliphatic carbocycles. The molecule has 0 spiro atoms. The van der Waals surface area contributed by atoms with Crippen LogP contribution in [0.5, 0.6) is 0 Å². The molecule has 0 bridgehead atoms. The summed E-state index contributed by atoms with van der Waals surface area (Å²) in [5, 5.41) is 10.1. The Morgan fingerprint density at radius 2 is 1.96 bits per heavy atom. The molecular weight excluding hydrogens is 306 g/mol. The van der Waals surface area contributed by atoms with Crippen molar-refractivity contribution in [2.75, 3.05) is 26.2 Å². The molecule has 0 aromatic carbocycles. The summed E-state index contributed by atoms with van der Waals surface area (Å²) in [6, 6.07) is 0. The summed E-state index contributed by atoms with van der Waals surface area (Å²) in [6.07, 6.45) is 4.84. The molecule has 0 saturated carbocycles. The average Bonchev–Trinajstić information content (AvgIpc) is 2.53. The third-order valence-corrected chi connectivity index (χ3v) is 5.11. The fourth-order valence-electron chi connectivity index (χ4n) is 3.70. The van der Waals surface area contributed by atoms with Crippen LogP contribution in [-0.2, 0) is 14.3 Å². The standard InChI is InChI=1S/C19H33NO4/c1-4-23-19(22)12-16-7-9-20(10-8-16)13-14(2)11-18-17(21)6-5-15(3)24-18/h15-18,21H,2,4-13H2,1,3H3/t15-,17-,18-/m0/s1. The lowest BCUT2D eigenvalue weighted by molar-refractivity contribution is -0.144. The summed E-state index contributed by atoms with van der Waals surface area (Å²) in [6.45, 7) is 11.4. The van der Waals surface area contributed by atoms with Crippen LogP contribution in [0.25, 0.3) is 0 Å². The number of rotatable bonds is 7. The van der Waals surface area contributed by atoms with Crippen molar-refractivity contribution in [1.29, 1.82) is 0 Å². The fraction of sp³-hybridized carbons (Fsp3) is 0.842. The second-order valence-electron chi connectivity index (χ2n) is 7.31. The monoisotopic (exact) mass is 339 g/mol. The number of esters is 1. The Morgan fingerprint density at radius 3 is 2.62 bits per heavy atom. The highest BCUT2D eigenvalue weighted by atomic mass is 16.5. The van der Waals surface area contributed by atoms with Gasteiger partial charge in [0.2, 0.25) is 0 Å². The summed E-state index contributed by atoms with van der Waals surface area (Å²) < 4.78 is 10.9. The molecular formula is C19H33NO4. The van der Waals surface area contributed by atoms with Crippen molar-refractivity contribution in [2.45, 2.75) is 70.7 Å². The molecule has 2 saturated heterocycles. The molecule has 138 valence electrons. The Bertz CT molecular complexity index is 418. The SMILES string of the molecule is C=C(C[C@@H]1O[C@@H](C)CC[C@@H]1O)CN1CCC(CC(=O)OCC)CC1. The molecule has 3 atom stereocenters. The molecule has 5 heteroatoms. The van der Waals surface area contributed by atoms with Gasteiger partial charge in [-0.05, 0) is 65.0 Å². The van der Waals surface area contributed by atoms with Crippen molar-refractivity contribution in [1.82, 2.24) is 4.90 Å². The van der Waals surface area contributed by atoms with E-state index in [0.29, 0.717) is 18.9 Å². The zero-order valence-corrected chi connectivity index (χ0v) is 15.2. The van der Waals surface area contributed by atoms with E-state index in [1.165, 1.54) is 0 Å². The molecule has 5 nitrogen and oxygen atoms in total. The largest absolute Gasteiger partial charge is 0.466 e. The fourth-order valence-corrected chi connectivity index (χ4v) is 3.70. The summed E-state index contributed by atoms with van der Waals surface area (Å²) in [5.74, 6) is 0.371. The van der Waals surface area contributed by atoms with Gasteiger partial charge in [-0.1, -0.05) is 12.2 Å². The van der Waals surface area contributed by atoms with E-state index in [4.69, 9.17) is 9.47 Å². The highest BCUT2D eigenvalue weighted by molar-refractivity contribution is 5.69. The Hall–Kier alpha value is -0.910. The van der Waals surface area contributed by atoms with E-state index in [1.807, 2.05) is 6.92 Å². The quantitative estimate of drug-likeness (QED) is 0.570. The number of piperidine rings is 1. The molecule has 2 heterocycles. The van der Waals surface area contributed by atoms with E-state index in [0.717, 1.165) is 57.3 Å². The van der Waals surface area contributed by atoms with Crippen molar-refractivity contribution in [3.8, 4) is 0 Å². The zero-order valence-electron chi connectivity index (χ0n) is 15.2. The van der Waals surface area contributed by atoms with E-state index < -0.39 is 0 Å².